The number of aliphatic hydroxyl groups is 1. The Morgan fingerprint density at radius 3 is 2.57 bits per heavy atom. The molecule has 0 amide bonds. The third-order valence-corrected chi connectivity index (χ3v) is 3.24. The molecule has 0 radical (unpaired) electrons. The smallest absolute Gasteiger partial charge is 0.129 e. The van der Waals surface area contributed by atoms with Crippen LogP contribution in [0.5, 0.6) is 0 Å². The molecule has 21 heavy (non-hydrogen) atoms. The maximum atomic E-state index is 9.84. The first-order valence-electron chi connectivity index (χ1n) is 7.28. The molecule has 2 unspecified atom stereocenters. The molecule has 116 valence electrons. The second-order valence-corrected chi connectivity index (χ2v) is 5.18. The van der Waals surface area contributed by atoms with E-state index in [0.29, 0.717) is 25.8 Å². The summed E-state index contributed by atoms with van der Waals surface area (Å²) in [6.07, 6.45) is 4.64. The van der Waals surface area contributed by atoms with Crippen LogP contribution in [0.15, 0.2) is 45.6 Å². The number of aliphatic hydroxyl groups excluding tert-OH is 1. The molecule has 0 bridgehead atoms. The Balaban J connectivity index is 1.52. The van der Waals surface area contributed by atoms with Crippen molar-refractivity contribution in [2.24, 2.45) is 0 Å². The predicted octanol–water partition coefficient (Wildman–Crippen LogP) is 2.36. The van der Waals surface area contributed by atoms with Crippen molar-refractivity contribution >= 4 is 0 Å². The second-order valence-electron chi connectivity index (χ2n) is 5.18. The number of rotatable bonds is 10. The second kappa shape index (κ2) is 8.67. The van der Waals surface area contributed by atoms with Crippen LogP contribution in [0.25, 0.3) is 0 Å². The largest absolute Gasteiger partial charge is 0.469 e. The van der Waals surface area contributed by atoms with Gasteiger partial charge >= 0.3 is 0 Å². The average Bonchev–Trinajstić information content (AvgIpc) is 3.16. The van der Waals surface area contributed by atoms with Gasteiger partial charge in [0.05, 0.1) is 25.2 Å². The summed E-state index contributed by atoms with van der Waals surface area (Å²) in [6.45, 7) is 3.29. The van der Waals surface area contributed by atoms with E-state index in [0.717, 1.165) is 24.4 Å². The summed E-state index contributed by atoms with van der Waals surface area (Å²) in [5.74, 6) is 1.76. The van der Waals surface area contributed by atoms with Gasteiger partial charge in [0.25, 0.3) is 0 Å². The zero-order valence-electron chi connectivity index (χ0n) is 12.3. The number of ether oxygens (including phenoxy) is 1. The molecule has 2 N–H and O–H groups in total. The molecule has 2 atom stereocenters. The van der Waals surface area contributed by atoms with Crippen LogP contribution in [0.1, 0.15) is 24.9 Å². The van der Waals surface area contributed by atoms with Crippen LogP contribution in [-0.4, -0.2) is 30.4 Å². The van der Waals surface area contributed by atoms with Gasteiger partial charge in [-0.1, -0.05) is 0 Å². The Morgan fingerprint density at radius 1 is 1.19 bits per heavy atom. The molecule has 0 aliphatic rings. The third kappa shape index (κ3) is 6.16. The Kier molecular flexibility index (Phi) is 6.53. The molecule has 0 aromatic carbocycles. The molecule has 5 heteroatoms. The highest BCUT2D eigenvalue weighted by Gasteiger charge is 2.08. The van der Waals surface area contributed by atoms with E-state index in [1.807, 2.05) is 24.3 Å². The standard InChI is InChI=1S/C16H23NO4/c1-13(6-7-15-4-2-8-20-15)17-10-14(18)11-19-12-16-5-3-9-21-16/h2-5,8-9,13-14,17-18H,6-7,10-12H2,1H3. The van der Waals surface area contributed by atoms with Gasteiger partial charge in [-0.15, -0.1) is 0 Å². The SMILES string of the molecule is CC(CCc1ccco1)NCC(O)COCc1ccco1. The van der Waals surface area contributed by atoms with Crippen LogP contribution in [-0.2, 0) is 17.8 Å². The molecule has 5 nitrogen and oxygen atoms in total. The maximum absolute atomic E-state index is 9.84. The van der Waals surface area contributed by atoms with Crippen LogP contribution in [0.4, 0.5) is 0 Å². The predicted molar refractivity (Wildman–Crippen MR) is 78.9 cm³/mol. The molecular weight excluding hydrogens is 270 g/mol. The van der Waals surface area contributed by atoms with Crippen molar-refractivity contribution in [1.82, 2.24) is 5.32 Å². The van der Waals surface area contributed by atoms with Gasteiger partial charge < -0.3 is 24.0 Å². The summed E-state index contributed by atoms with van der Waals surface area (Å²) in [5, 5.41) is 13.1. The van der Waals surface area contributed by atoms with E-state index < -0.39 is 6.10 Å². The molecule has 0 fully saturated rings. The van der Waals surface area contributed by atoms with E-state index in [2.05, 4.69) is 12.2 Å². The van der Waals surface area contributed by atoms with Gasteiger partial charge in [0.15, 0.2) is 0 Å². The quantitative estimate of drug-likeness (QED) is 0.704. The normalized spacial score (nSPS) is 14.2. The van der Waals surface area contributed by atoms with Gasteiger partial charge in [-0.05, 0) is 37.6 Å². The van der Waals surface area contributed by atoms with E-state index in [9.17, 15) is 5.11 Å². The summed E-state index contributed by atoms with van der Waals surface area (Å²) in [5.41, 5.74) is 0. The number of hydrogen-bond donors (Lipinski definition) is 2. The minimum atomic E-state index is -0.522. The highest BCUT2D eigenvalue weighted by molar-refractivity contribution is 4.98. The molecule has 0 saturated carbocycles. The summed E-state index contributed by atoms with van der Waals surface area (Å²) >= 11 is 0. The van der Waals surface area contributed by atoms with Crippen LogP contribution in [0.2, 0.25) is 0 Å². The number of hydrogen-bond acceptors (Lipinski definition) is 5. The number of furan rings is 2. The van der Waals surface area contributed by atoms with Gasteiger partial charge in [-0.25, -0.2) is 0 Å². The fourth-order valence-electron chi connectivity index (χ4n) is 2.00. The Labute approximate surface area is 124 Å². The summed E-state index contributed by atoms with van der Waals surface area (Å²) in [6, 6.07) is 7.85. The van der Waals surface area contributed by atoms with Crippen LogP contribution in [0.3, 0.4) is 0 Å². The first kappa shape index (κ1) is 15.8. The lowest BCUT2D eigenvalue weighted by Crippen LogP contribution is -2.36. The van der Waals surface area contributed by atoms with Crippen molar-refractivity contribution in [3.63, 3.8) is 0 Å². The molecule has 0 aliphatic heterocycles. The zero-order chi connectivity index (χ0) is 14.9. The Bertz CT molecular complexity index is 466. The van der Waals surface area contributed by atoms with Crippen molar-refractivity contribution in [3.05, 3.63) is 48.3 Å². The van der Waals surface area contributed by atoms with Crippen molar-refractivity contribution < 1.29 is 18.7 Å². The third-order valence-electron chi connectivity index (χ3n) is 3.24. The van der Waals surface area contributed by atoms with Gasteiger partial charge in [-0.2, -0.15) is 0 Å². The van der Waals surface area contributed by atoms with Crippen LogP contribution in [0, 0.1) is 0 Å². The minimum absolute atomic E-state index is 0.290. The highest BCUT2D eigenvalue weighted by Crippen LogP contribution is 2.06. The summed E-state index contributed by atoms with van der Waals surface area (Å²) in [7, 11) is 0. The van der Waals surface area contributed by atoms with Crippen LogP contribution < -0.4 is 5.32 Å². The van der Waals surface area contributed by atoms with Crippen molar-refractivity contribution in [1.29, 1.82) is 0 Å². The molecule has 0 saturated heterocycles. The highest BCUT2D eigenvalue weighted by atomic mass is 16.5. The van der Waals surface area contributed by atoms with Gasteiger partial charge in [0.1, 0.15) is 18.1 Å². The van der Waals surface area contributed by atoms with E-state index >= 15 is 0 Å². The van der Waals surface area contributed by atoms with E-state index in [1.54, 1.807) is 12.5 Å². The van der Waals surface area contributed by atoms with Crippen LogP contribution >= 0.6 is 0 Å². The molecule has 2 heterocycles. The number of nitrogens with one attached hydrogen (secondary N) is 1. The summed E-state index contributed by atoms with van der Waals surface area (Å²) in [4.78, 5) is 0. The zero-order valence-corrected chi connectivity index (χ0v) is 12.3. The lowest BCUT2D eigenvalue weighted by Gasteiger charge is -2.16. The number of aryl methyl sites for hydroxylation is 1. The molecular formula is C16H23NO4. The van der Waals surface area contributed by atoms with Gasteiger partial charge in [-0.3, -0.25) is 0 Å². The molecule has 2 aromatic heterocycles. The molecule has 2 rings (SSSR count). The first-order valence-corrected chi connectivity index (χ1v) is 7.28. The molecule has 2 aromatic rings. The lowest BCUT2D eigenvalue weighted by atomic mass is 10.1. The van der Waals surface area contributed by atoms with Gasteiger partial charge in [0, 0.05) is 19.0 Å². The molecule has 0 aliphatic carbocycles. The fraction of sp³-hybridized carbons (Fsp3) is 0.500. The fourth-order valence-corrected chi connectivity index (χ4v) is 2.00. The maximum Gasteiger partial charge on any atom is 0.129 e. The first-order chi connectivity index (χ1) is 10.2. The average molecular weight is 293 g/mol. The van der Waals surface area contributed by atoms with Crippen molar-refractivity contribution in [3.8, 4) is 0 Å². The Hall–Kier alpha value is -1.56. The van der Waals surface area contributed by atoms with E-state index in [-0.39, 0.29) is 0 Å². The van der Waals surface area contributed by atoms with Gasteiger partial charge in [0.2, 0.25) is 0 Å². The molecule has 0 spiro atoms. The Morgan fingerprint density at radius 2 is 1.90 bits per heavy atom. The van der Waals surface area contributed by atoms with Crippen molar-refractivity contribution in [2.45, 2.75) is 38.5 Å². The monoisotopic (exact) mass is 293 g/mol. The van der Waals surface area contributed by atoms with E-state index in [1.165, 1.54) is 0 Å². The minimum Gasteiger partial charge on any atom is -0.469 e. The topological polar surface area (TPSA) is 67.8 Å². The summed E-state index contributed by atoms with van der Waals surface area (Å²) < 4.78 is 15.8. The lowest BCUT2D eigenvalue weighted by molar-refractivity contribution is 0.0216. The van der Waals surface area contributed by atoms with E-state index in [4.69, 9.17) is 13.6 Å². The van der Waals surface area contributed by atoms with Crippen molar-refractivity contribution in [2.75, 3.05) is 13.2 Å².